The molecule has 0 aliphatic carbocycles. The maximum atomic E-state index is 10.6. The van der Waals surface area contributed by atoms with E-state index in [1.54, 1.807) is 12.1 Å². The third-order valence-corrected chi connectivity index (χ3v) is 2.70. The van der Waals surface area contributed by atoms with E-state index in [0.717, 1.165) is 23.0 Å². The average molecular weight is 221 g/mol. The first kappa shape index (κ1) is 11.1. The van der Waals surface area contributed by atoms with Crippen LogP contribution in [0.2, 0.25) is 0 Å². The Hall–Kier alpha value is -2.40. The Labute approximate surface area is 100 Å². The van der Waals surface area contributed by atoms with Crippen LogP contribution in [0.25, 0.3) is 16.0 Å². The molecule has 2 aromatic rings. The number of carbonyl (C=O) groups excluding carboxylic acids is 1. The molecular formula is C15H11NO. The minimum atomic E-state index is 0.649. The summed E-state index contributed by atoms with van der Waals surface area (Å²) in [6.45, 7) is 8.94. The topological polar surface area (TPSA) is 21.4 Å². The molecule has 0 spiro atoms. The number of carbonyl (C=O) groups is 1. The molecule has 0 unspecified atom stereocenters. The van der Waals surface area contributed by atoms with Crippen molar-refractivity contribution in [1.82, 2.24) is 0 Å². The van der Waals surface area contributed by atoms with Crippen molar-refractivity contribution >= 4 is 12.0 Å². The monoisotopic (exact) mass is 221 g/mol. The van der Waals surface area contributed by atoms with Gasteiger partial charge >= 0.3 is 0 Å². The van der Waals surface area contributed by atoms with Crippen molar-refractivity contribution < 1.29 is 4.79 Å². The summed E-state index contributed by atoms with van der Waals surface area (Å²) in [7, 11) is 0. The molecule has 2 heteroatoms. The van der Waals surface area contributed by atoms with Crippen molar-refractivity contribution in [1.29, 1.82) is 0 Å². The second-order valence-electron chi connectivity index (χ2n) is 3.85. The van der Waals surface area contributed by atoms with Crippen molar-refractivity contribution in [3.63, 3.8) is 0 Å². The molecule has 0 bridgehead atoms. The highest BCUT2D eigenvalue weighted by molar-refractivity contribution is 5.78. The van der Waals surface area contributed by atoms with Crippen molar-refractivity contribution in [2.24, 2.45) is 0 Å². The van der Waals surface area contributed by atoms with Gasteiger partial charge < -0.3 is 0 Å². The largest absolute Gasteiger partial charge is 0.298 e. The molecule has 0 aliphatic heterocycles. The van der Waals surface area contributed by atoms with E-state index in [-0.39, 0.29) is 0 Å². The molecule has 0 amide bonds. The van der Waals surface area contributed by atoms with E-state index in [2.05, 4.69) is 4.85 Å². The van der Waals surface area contributed by atoms with Gasteiger partial charge in [0.15, 0.2) is 5.69 Å². The molecule has 17 heavy (non-hydrogen) atoms. The Morgan fingerprint density at radius 1 is 1.12 bits per heavy atom. The van der Waals surface area contributed by atoms with Crippen LogP contribution in [0.3, 0.4) is 0 Å². The van der Waals surface area contributed by atoms with E-state index in [4.69, 9.17) is 6.57 Å². The van der Waals surface area contributed by atoms with Crippen LogP contribution in [-0.4, -0.2) is 6.29 Å². The van der Waals surface area contributed by atoms with E-state index < -0.39 is 0 Å². The van der Waals surface area contributed by atoms with Crippen LogP contribution in [-0.2, 0) is 0 Å². The summed E-state index contributed by atoms with van der Waals surface area (Å²) in [5.41, 5.74) is 4.54. The predicted octanol–water partition coefficient (Wildman–Crippen LogP) is 4.03. The zero-order valence-corrected chi connectivity index (χ0v) is 9.47. The number of benzene rings is 2. The molecule has 0 aliphatic rings. The Balaban J connectivity index is 2.46. The van der Waals surface area contributed by atoms with Gasteiger partial charge in [-0.3, -0.25) is 4.79 Å². The summed E-state index contributed by atoms with van der Waals surface area (Å²) in [4.78, 5) is 14.0. The number of hydrogen-bond donors (Lipinski definition) is 0. The van der Waals surface area contributed by atoms with Gasteiger partial charge in [-0.05, 0) is 18.1 Å². The first-order valence-corrected chi connectivity index (χ1v) is 5.28. The van der Waals surface area contributed by atoms with Gasteiger partial charge in [-0.15, -0.1) is 0 Å². The Morgan fingerprint density at radius 2 is 1.82 bits per heavy atom. The number of rotatable bonds is 2. The molecular weight excluding hydrogens is 210 g/mol. The van der Waals surface area contributed by atoms with Crippen molar-refractivity contribution in [3.8, 4) is 11.1 Å². The zero-order chi connectivity index (χ0) is 12.3. The molecule has 82 valence electrons. The normalized spacial score (nSPS) is 9.65. The molecule has 0 saturated carbocycles. The lowest BCUT2D eigenvalue weighted by molar-refractivity contribution is 0.112. The SMILES string of the molecule is [C-]#[N+]c1ccc(-c2ccc(C=O)cc2)c(C)c1. The second kappa shape index (κ2) is 4.63. The van der Waals surface area contributed by atoms with Crippen LogP contribution in [0, 0.1) is 13.5 Å². The van der Waals surface area contributed by atoms with Gasteiger partial charge in [-0.25, -0.2) is 4.85 Å². The van der Waals surface area contributed by atoms with Crippen LogP contribution in [0.4, 0.5) is 5.69 Å². The summed E-state index contributed by atoms with van der Waals surface area (Å²) < 4.78 is 0. The molecule has 0 atom stereocenters. The Morgan fingerprint density at radius 3 is 2.35 bits per heavy atom. The quantitative estimate of drug-likeness (QED) is 0.554. The molecule has 0 radical (unpaired) electrons. The number of aldehydes is 1. The van der Waals surface area contributed by atoms with Gasteiger partial charge in [0, 0.05) is 5.56 Å². The smallest absolute Gasteiger partial charge is 0.187 e. The van der Waals surface area contributed by atoms with Gasteiger partial charge in [0.25, 0.3) is 0 Å². The van der Waals surface area contributed by atoms with Gasteiger partial charge in [0.2, 0.25) is 0 Å². The van der Waals surface area contributed by atoms with Crippen LogP contribution >= 0.6 is 0 Å². The molecule has 2 rings (SSSR count). The summed E-state index contributed by atoms with van der Waals surface area (Å²) >= 11 is 0. The molecule has 0 fully saturated rings. The third kappa shape index (κ3) is 2.24. The summed E-state index contributed by atoms with van der Waals surface area (Å²) in [5.74, 6) is 0. The highest BCUT2D eigenvalue weighted by atomic mass is 16.1. The Kier molecular flexibility index (Phi) is 3.02. The highest BCUT2D eigenvalue weighted by Crippen LogP contribution is 2.27. The second-order valence-corrected chi connectivity index (χ2v) is 3.85. The van der Waals surface area contributed by atoms with Gasteiger partial charge in [0.05, 0.1) is 6.57 Å². The maximum Gasteiger partial charge on any atom is 0.187 e. The van der Waals surface area contributed by atoms with Crippen molar-refractivity contribution in [3.05, 3.63) is 65.0 Å². The summed E-state index contributed by atoms with van der Waals surface area (Å²) in [6.07, 6.45) is 0.832. The van der Waals surface area contributed by atoms with Crippen LogP contribution in [0.15, 0.2) is 42.5 Å². The van der Waals surface area contributed by atoms with Crippen LogP contribution < -0.4 is 0 Å². The zero-order valence-electron chi connectivity index (χ0n) is 9.47. The van der Waals surface area contributed by atoms with Crippen LogP contribution in [0.1, 0.15) is 15.9 Å². The van der Waals surface area contributed by atoms with Crippen LogP contribution in [0.5, 0.6) is 0 Å². The maximum absolute atomic E-state index is 10.6. The van der Waals surface area contributed by atoms with E-state index in [9.17, 15) is 4.79 Å². The minimum absolute atomic E-state index is 0.649. The van der Waals surface area contributed by atoms with E-state index in [1.807, 2.05) is 37.3 Å². The van der Waals surface area contributed by atoms with E-state index in [0.29, 0.717) is 11.3 Å². The predicted molar refractivity (Wildman–Crippen MR) is 68.3 cm³/mol. The fraction of sp³-hybridized carbons (Fsp3) is 0.0667. The molecule has 0 heterocycles. The first-order chi connectivity index (χ1) is 8.24. The average Bonchev–Trinajstić information content (AvgIpc) is 2.39. The Bertz CT molecular complexity index is 591. The van der Waals surface area contributed by atoms with Gasteiger partial charge in [0.1, 0.15) is 6.29 Å². The van der Waals surface area contributed by atoms with E-state index in [1.165, 1.54) is 0 Å². The summed E-state index contributed by atoms with van der Waals surface area (Å²) in [5, 5.41) is 0. The van der Waals surface area contributed by atoms with Gasteiger partial charge in [-0.1, -0.05) is 48.0 Å². The van der Waals surface area contributed by atoms with Crippen molar-refractivity contribution in [2.45, 2.75) is 6.92 Å². The molecule has 0 N–H and O–H groups in total. The molecule has 0 saturated heterocycles. The number of aryl methyl sites for hydroxylation is 1. The van der Waals surface area contributed by atoms with E-state index >= 15 is 0 Å². The summed E-state index contributed by atoms with van der Waals surface area (Å²) in [6, 6.07) is 13.1. The first-order valence-electron chi connectivity index (χ1n) is 5.28. The molecule has 2 aromatic carbocycles. The third-order valence-electron chi connectivity index (χ3n) is 2.70. The lowest BCUT2D eigenvalue weighted by Gasteiger charge is -2.06. The fourth-order valence-electron chi connectivity index (χ4n) is 1.78. The lowest BCUT2D eigenvalue weighted by Crippen LogP contribution is -1.84. The lowest BCUT2D eigenvalue weighted by atomic mass is 9.99. The molecule has 2 nitrogen and oxygen atoms in total. The fourth-order valence-corrected chi connectivity index (χ4v) is 1.78. The highest BCUT2D eigenvalue weighted by Gasteiger charge is 2.02. The molecule has 0 aromatic heterocycles. The van der Waals surface area contributed by atoms with Crippen molar-refractivity contribution in [2.75, 3.05) is 0 Å². The number of hydrogen-bond acceptors (Lipinski definition) is 1. The number of nitrogens with zero attached hydrogens (tertiary/aromatic N) is 1. The standard InChI is InChI=1S/C15H11NO/c1-11-9-14(16-2)7-8-15(11)13-5-3-12(10-17)4-6-13/h3-10H,1H3. The minimum Gasteiger partial charge on any atom is -0.298 e. The van der Waals surface area contributed by atoms with Gasteiger partial charge in [-0.2, -0.15) is 0 Å².